The summed E-state index contributed by atoms with van der Waals surface area (Å²) in [6.07, 6.45) is -12.1. The maximum absolute atomic E-state index is 9.02. The van der Waals surface area contributed by atoms with Crippen LogP contribution < -0.4 is 0 Å². The van der Waals surface area contributed by atoms with Crippen molar-refractivity contribution in [3.63, 3.8) is 0 Å². The summed E-state index contributed by atoms with van der Waals surface area (Å²) in [5, 5.41) is 89.9. The Balaban J connectivity index is 0. The van der Waals surface area contributed by atoms with Gasteiger partial charge in [-0.25, -0.2) is 0 Å². The SMILES string of the molecule is OC[C@@H](O)[C@@H](O)[C@H](O)[C@H](O)C=S.OC[C@@H](O)[C@H](O)[C@H](O)[C@@H](O)C=S. The van der Waals surface area contributed by atoms with Crippen LogP contribution in [0.25, 0.3) is 0 Å². The number of thiocarbonyl (C=S) groups is 2. The van der Waals surface area contributed by atoms with Crippen LogP contribution in [0, 0.1) is 0 Å². The smallest absolute Gasteiger partial charge is 0.113 e. The molecule has 0 fully saturated rings. The average molecular weight is 392 g/mol. The van der Waals surface area contributed by atoms with Crippen LogP contribution in [-0.4, -0.2) is 124 Å². The van der Waals surface area contributed by atoms with Crippen molar-refractivity contribution in [3.05, 3.63) is 0 Å². The van der Waals surface area contributed by atoms with Crippen molar-refractivity contribution in [1.82, 2.24) is 0 Å². The van der Waals surface area contributed by atoms with Crippen molar-refractivity contribution >= 4 is 35.2 Å². The van der Waals surface area contributed by atoms with E-state index in [1.54, 1.807) is 0 Å². The van der Waals surface area contributed by atoms with Crippen LogP contribution >= 0.6 is 24.4 Å². The molecule has 0 aromatic carbocycles. The molecule has 0 rings (SSSR count). The highest BCUT2D eigenvalue weighted by atomic mass is 32.1. The highest BCUT2D eigenvalue weighted by molar-refractivity contribution is 7.79. The molecule has 144 valence electrons. The number of hydrogen-bond donors (Lipinski definition) is 10. The molecule has 12 heteroatoms. The van der Waals surface area contributed by atoms with E-state index in [1.807, 2.05) is 0 Å². The number of hydrogen-bond acceptors (Lipinski definition) is 12. The Hall–Kier alpha value is -0.220. The third kappa shape index (κ3) is 9.31. The van der Waals surface area contributed by atoms with Crippen LogP contribution in [-0.2, 0) is 0 Å². The van der Waals surface area contributed by atoms with E-state index in [0.717, 1.165) is 10.7 Å². The topological polar surface area (TPSA) is 202 Å². The van der Waals surface area contributed by atoms with Gasteiger partial charge < -0.3 is 51.1 Å². The van der Waals surface area contributed by atoms with Gasteiger partial charge in [0.1, 0.15) is 48.8 Å². The van der Waals surface area contributed by atoms with Crippen molar-refractivity contribution in [2.45, 2.75) is 48.8 Å². The Morgan fingerprint density at radius 1 is 0.542 bits per heavy atom. The van der Waals surface area contributed by atoms with Crippen LogP contribution in [0.1, 0.15) is 0 Å². The molecule has 0 aromatic rings. The van der Waals surface area contributed by atoms with Crippen LogP contribution in [0.3, 0.4) is 0 Å². The average Bonchev–Trinajstić information content (AvgIpc) is 2.62. The summed E-state index contributed by atoms with van der Waals surface area (Å²) in [5.41, 5.74) is 0. The van der Waals surface area contributed by atoms with Gasteiger partial charge in [-0.2, -0.15) is 0 Å². The van der Waals surface area contributed by atoms with E-state index >= 15 is 0 Å². The molecule has 10 nitrogen and oxygen atoms in total. The summed E-state index contributed by atoms with van der Waals surface area (Å²) < 4.78 is 0. The van der Waals surface area contributed by atoms with E-state index in [-0.39, 0.29) is 0 Å². The molecule has 0 amide bonds. The summed E-state index contributed by atoms with van der Waals surface area (Å²) in [6.45, 7) is -1.38. The number of aliphatic hydroxyl groups excluding tert-OH is 10. The number of aliphatic hydroxyl groups is 10. The second-order valence-electron chi connectivity index (χ2n) is 4.72. The maximum atomic E-state index is 9.02. The molecule has 0 aromatic heterocycles. The minimum Gasteiger partial charge on any atom is -0.394 e. The molecule has 0 spiro atoms. The molecule has 0 radical (unpaired) electrons. The maximum Gasteiger partial charge on any atom is 0.113 e. The van der Waals surface area contributed by atoms with Gasteiger partial charge in [0.15, 0.2) is 0 Å². The number of rotatable bonds is 10. The molecule has 24 heavy (non-hydrogen) atoms. The first kappa shape index (κ1) is 26.0. The summed E-state index contributed by atoms with van der Waals surface area (Å²) in [6, 6.07) is 0. The van der Waals surface area contributed by atoms with E-state index in [9.17, 15) is 0 Å². The monoisotopic (exact) mass is 392 g/mol. The fraction of sp³-hybridized carbons (Fsp3) is 0.833. The molecule has 0 unspecified atom stereocenters. The van der Waals surface area contributed by atoms with Gasteiger partial charge in [-0.1, -0.05) is 24.4 Å². The molecule has 10 N–H and O–H groups in total. The Morgan fingerprint density at radius 3 is 0.958 bits per heavy atom. The van der Waals surface area contributed by atoms with E-state index in [2.05, 4.69) is 24.4 Å². The van der Waals surface area contributed by atoms with Gasteiger partial charge in [-0.3, -0.25) is 0 Å². The molecule has 0 aliphatic rings. The highest BCUT2D eigenvalue weighted by Crippen LogP contribution is 2.04. The lowest BCUT2D eigenvalue weighted by Gasteiger charge is -2.23. The zero-order valence-electron chi connectivity index (χ0n) is 12.5. The third-order valence-corrected chi connectivity index (χ3v) is 3.40. The fourth-order valence-electron chi connectivity index (χ4n) is 1.24. The predicted molar refractivity (Wildman–Crippen MR) is 89.5 cm³/mol. The summed E-state index contributed by atoms with van der Waals surface area (Å²) in [4.78, 5) is 0. The lowest BCUT2D eigenvalue weighted by molar-refractivity contribution is -0.0996. The van der Waals surface area contributed by atoms with E-state index in [0.29, 0.717) is 0 Å². The normalized spacial score (nSPS) is 21.1. The van der Waals surface area contributed by atoms with Crippen LogP contribution in [0.2, 0.25) is 0 Å². The lowest BCUT2D eigenvalue weighted by Crippen LogP contribution is -2.46. The van der Waals surface area contributed by atoms with Gasteiger partial charge in [0.05, 0.1) is 13.2 Å². The van der Waals surface area contributed by atoms with Gasteiger partial charge >= 0.3 is 0 Å². The van der Waals surface area contributed by atoms with Gasteiger partial charge in [0.25, 0.3) is 0 Å². The molecule has 0 bridgehead atoms. The summed E-state index contributed by atoms with van der Waals surface area (Å²) in [7, 11) is 0. The molecule has 0 heterocycles. The van der Waals surface area contributed by atoms with Crippen molar-refractivity contribution in [2.24, 2.45) is 0 Å². The summed E-state index contributed by atoms with van der Waals surface area (Å²) in [5.74, 6) is 0. The quantitative estimate of drug-likeness (QED) is 0.159. The Morgan fingerprint density at radius 2 is 0.792 bits per heavy atom. The second-order valence-corrected chi connectivity index (χ2v) is 5.26. The van der Waals surface area contributed by atoms with Gasteiger partial charge in [0.2, 0.25) is 0 Å². The molecule has 0 saturated carbocycles. The van der Waals surface area contributed by atoms with Gasteiger partial charge in [-0.15, -0.1) is 0 Å². The van der Waals surface area contributed by atoms with Crippen LogP contribution in [0.15, 0.2) is 0 Å². The van der Waals surface area contributed by atoms with E-state index in [1.165, 1.54) is 0 Å². The highest BCUT2D eigenvalue weighted by Gasteiger charge is 2.29. The van der Waals surface area contributed by atoms with Gasteiger partial charge in [0, 0.05) is 10.7 Å². The van der Waals surface area contributed by atoms with Crippen molar-refractivity contribution in [1.29, 1.82) is 0 Å². The molecule has 0 aliphatic carbocycles. The predicted octanol–water partition coefficient (Wildman–Crippen LogP) is -5.16. The largest absolute Gasteiger partial charge is 0.394 e. The molecule has 0 aliphatic heterocycles. The van der Waals surface area contributed by atoms with Crippen molar-refractivity contribution in [3.8, 4) is 0 Å². The Kier molecular flexibility index (Phi) is 15.2. The lowest BCUT2D eigenvalue weighted by atomic mass is 10.0. The zero-order valence-corrected chi connectivity index (χ0v) is 14.1. The molecule has 8 atom stereocenters. The second kappa shape index (κ2) is 14.0. The van der Waals surface area contributed by atoms with E-state index < -0.39 is 62.0 Å². The fourth-order valence-corrected chi connectivity index (χ4v) is 1.56. The minimum absolute atomic E-state index is 0.692. The van der Waals surface area contributed by atoms with Crippen molar-refractivity contribution in [2.75, 3.05) is 13.2 Å². The first-order valence-electron chi connectivity index (χ1n) is 6.65. The van der Waals surface area contributed by atoms with Gasteiger partial charge in [-0.05, 0) is 0 Å². The Labute approximate surface area is 148 Å². The Bertz CT molecular complexity index is 316. The third-order valence-electron chi connectivity index (χ3n) is 2.84. The van der Waals surface area contributed by atoms with E-state index in [4.69, 9.17) is 51.1 Å². The summed E-state index contributed by atoms with van der Waals surface area (Å²) >= 11 is 8.61. The first-order valence-corrected chi connectivity index (χ1v) is 7.60. The standard InChI is InChI=1S/2C6H12O5S/c2*7-1-3(8)5(10)6(11)4(9)2-12/h2*2-11H,1H2/t3-,4+,5+,6-;3-,4-,5-,6-/m11/s1. The molecular weight excluding hydrogens is 368 g/mol. The first-order chi connectivity index (χ1) is 11.1. The zero-order chi connectivity index (χ0) is 19.4. The molecular formula is C12H24O10S2. The minimum atomic E-state index is -1.61. The van der Waals surface area contributed by atoms with Crippen LogP contribution in [0.5, 0.6) is 0 Å². The van der Waals surface area contributed by atoms with Crippen LogP contribution in [0.4, 0.5) is 0 Å². The van der Waals surface area contributed by atoms with Crippen molar-refractivity contribution < 1.29 is 51.1 Å². The molecule has 0 saturated heterocycles.